The van der Waals surface area contributed by atoms with E-state index in [0.29, 0.717) is 40.2 Å². The number of amides is 3. The van der Waals surface area contributed by atoms with E-state index in [1.807, 2.05) is 77.7 Å². The third kappa shape index (κ3) is 7.87. The molecule has 10 rings (SSSR count). The summed E-state index contributed by atoms with van der Waals surface area (Å²) in [6.07, 6.45) is 4.64. The van der Waals surface area contributed by atoms with E-state index in [9.17, 15) is 9.90 Å². The number of anilines is 1. The number of phenols is 1. The fourth-order valence-electron chi connectivity index (χ4n) is 11.3. The fraction of sp³-hybridized carbons (Fsp3) is 0.321. The highest BCUT2D eigenvalue weighted by molar-refractivity contribution is 6.23. The van der Waals surface area contributed by atoms with Gasteiger partial charge in [-0.05, 0) is 114 Å². The first-order valence-corrected chi connectivity index (χ1v) is 23.4. The summed E-state index contributed by atoms with van der Waals surface area (Å²) in [6, 6.07) is 31.3. The van der Waals surface area contributed by atoms with Crippen LogP contribution in [0.2, 0.25) is 0 Å². The molecule has 69 heavy (non-hydrogen) atoms. The molecule has 0 radical (unpaired) electrons. The van der Waals surface area contributed by atoms with Gasteiger partial charge in [0, 0.05) is 25.8 Å². The van der Waals surface area contributed by atoms with Crippen LogP contribution >= 0.6 is 0 Å². The number of methoxy groups -OCH3 is 3. The number of cyclic esters (lactones) is 1. The van der Waals surface area contributed by atoms with Crippen LogP contribution in [0.25, 0.3) is 0 Å². The number of morpholine rings is 1. The van der Waals surface area contributed by atoms with Gasteiger partial charge in [0.15, 0.2) is 11.5 Å². The summed E-state index contributed by atoms with van der Waals surface area (Å²) in [5.74, 6) is 4.33. The maximum Gasteiger partial charge on any atom is 0.421 e. The van der Waals surface area contributed by atoms with E-state index in [1.165, 1.54) is 19.2 Å². The van der Waals surface area contributed by atoms with Crippen LogP contribution in [-0.2, 0) is 47.0 Å². The third-order valence-corrected chi connectivity index (χ3v) is 14.3. The number of carbonyl (C=O) groups is 4. The molecule has 13 nitrogen and oxygen atoms in total. The van der Waals surface area contributed by atoms with Gasteiger partial charge in [-0.15, -0.1) is 0 Å². The van der Waals surface area contributed by atoms with E-state index >= 15 is 14.4 Å². The Morgan fingerprint density at radius 1 is 0.768 bits per heavy atom. The number of benzene rings is 5. The smallest absolute Gasteiger partial charge is 0.421 e. The van der Waals surface area contributed by atoms with Crippen molar-refractivity contribution in [3.8, 4) is 29.1 Å². The zero-order valence-electron chi connectivity index (χ0n) is 38.8. The number of rotatable bonds is 9. The minimum Gasteiger partial charge on any atom is -0.508 e. The molecule has 5 aliphatic rings. The average molecular weight is 928 g/mol. The van der Waals surface area contributed by atoms with E-state index < -0.39 is 59.4 Å². The summed E-state index contributed by atoms with van der Waals surface area (Å²) in [4.78, 5) is 67.8. The lowest BCUT2D eigenvalue weighted by Crippen LogP contribution is -2.57. The summed E-state index contributed by atoms with van der Waals surface area (Å²) in [6.45, 7) is 0.299. The lowest BCUT2D eigenvalue weighted by atomic mass is 9.64. The normalized spacial score (nSPS) is 23.8. The maximum atomic E-state index is 16.5. The second kappa shape index (κ2) is 18.9. The molecule has 2 fully saturated rings. The average Bonchev–Trinajstić information content (AvgIpc) is 3.84. The maximum absolute atomic E-state index is 16.5. The van der Waals surface area contributed by atoms with Crippen LogP contribution in [-0.4, -0.2) is 85.9 Å². The van der Waals surface area contributed by atoms with Gasteiger partial charge in [0.25, 0.3) is 0 Å². The third-order valence-electron chi connectivity index (χ3n) is 14.3. The van der Waals surface area contributed by atoms with E-state index in [4.69, 9.17) is 23.7 Å². The number of allylic oxidation sites excluding steroid dienone is 2. The van der Waals surface area contributed by atoms with E-state index in [1.54, 1.807) is 49.5 Å². The highest BCUT2D eigenvalue weighted by Gasteiger charge is 2.76. The molecule has 4 aliphatic heterocycles. The molecule has 1 N–H and O–H groups in total. The Balaban J connectivity index is 1.25. The lowest BCUT2D eigenvalue weighted by Gasteiger charge is -2.46. The minimum atomic E-state index is -2.01. The Bertz CT molecular complexity index is 2890. The van der Waals surface area contributed by atoms with Crippen molar-refractivity contribution in [2.45, 2.75) is 68.3 Å². The van der Waals surface area contributed by atoms with Gasteiger partial charge in [-0.3, -0.25) is 19.3 Å². The number of ether oxygens (including phenoxy) is 5. The van der Waals surface area contributed by atoms with Crippen LogP contribution in [0.1, 0.15) is 82.8 Å². The Hall–Kier alpha value is -7.40. The molecule has 2 saturated heterocycles. The van der Waals surface area contributed by atoms with Crippen LogP contribution in [0.3, 0.4) is 0 Å². The van der Waals surface area contributed by atoms with Crippen molar-refractivity contribution in [1.82, 2.24) is 9.80 Å². The van der Waals surface area contributed by atoms with E-state index in [2.05, 4.69) is 17.9 Å². The van der Waals surface area contributed by atoms with E-state index in [0.717, 1.165) is 52.8 Å². The summed E-state index contributed by atoms with van der Waals surface area (Å²) in [5, 5.41) is 10.8. The van der Waals surface area contributed by atoms with Crippen molar-refractivity contribution >= 4 is 29.6 Å². The lowest BCUT2D eigenvalue weighted by molar-refractivity contribution is -0.179. The quantitative estimate of drug-likeness (QED) is 0.0867. The van der Waals surface area contributed by atoms with Crippen LogP contribution in [0.5, 0.6) is 17.2 Å². The van der Waals surface area contributed by atoms with Gasteiger partial charge in [-0.2, -0.15) is 0 Å². The Morgan fingerprint density at radius 2 is 1.48 bits per heavy atom. The van der Waals surface area contributed by atoms with Crippen molar-refractivity contribution in [3.05, 3.63) is 166 Å². The van der Waals surface area contributed by atoms with Crippen LogP contribution in [0, 0.1) is 17.8 Å². The zero-order chi connectivity index (χ0) is 47.8. The number of esters is 1. The number of imide groups is 1. The summed E-state index contributed by atoms with van der Waals surface area (Å²) >= 11 is 0. The van der Waals surface area contributed by atoms with Crippen molar-refractivity contribution in [2.24, 2.45) is 5.92 Å². The molecule has 6 atom stereocenters. The Morgan fingerprint density at radius 3 is 2.16 bits per heavy atom. The van der Waals surface area contributed by atoms with Gasteiger partial charge in [-0.1, -0.05) is 90.7 Å². The first-order valence-electron chi connectivity index (χ1n) is 23.4. The molecule has 0 aromatic heterocycles. The SMILES string of the molecule is COCCOC(=O)N1C(=O)C2(c3cc(C#CC4=CCCCC4)ccc31)C(C(=O)N1CCc3cc(OC)c(OC)cc3C1)C1C(=O)OC(c3ccccc3)C(c3ccccc3)N1C2c1ccc(O)cc1. The zero-order valence-corrected chi connectivity index (χ0v) is 38.8. The molecule has 1 spiro atoms. The number of phenolic OH excluding ortho intramolecular Hbond substituents is 1. The van der Waals surface area contributed by atoms with Gasteiger partial charge in [0.05, 0.1) is 44.5 Å². The monoisotopic (exact) mass is 927 g/mol. The predicted octanol–water partition coefficient (Wildman–Crippen LogP) is 8.29. The molecular weight excluding hydrogens is 875 g/mol. The summed E-state index contributed by atoms with van der Waals surface area (Å²) in [5.41, 5.74) is 3.90. The van der Waals surface area contributed by atoms with Crippen molar-refractivity contribution in [3.63, 3.8) is 0 Å². The fourth-order valence-corrected chi connectivity index (χ4v) is 11.3. The standard InChI is InChI=1S/C56H53N3O10/c1-65-29-30-68-55(64)58-44-26-21-36(20-19-35-13-7-4-8-14-35)31-43(44)56(54(58)63)47(52(61)57-28-27-40-32-45(66-2)46(67-3)33-41(40)34-57)49-53(62)69-50(38-17-11-6-12-18-38)48(37-15-9-5-10-16-37)59(49)51(56)39-22-24-42(60)25-23-39/h5-6,9-13,15-18,21-26,31-33,47-51,60H,4,7-8,14,27-30,34H2,1-3H3. The van der Waals surface area contributed by atoms with Crippen molar-refractivity contribution < 1.29 is 48.0 Å². The molecule has 352 valence electrons. The molecular formula is C56H53N3O10. The number of carbonyl (C=O) groups excluding carboxylic acids is 4. The largest absolute Gasteiger partial charge is 0.508 e. The first-order chi connectivity index (χ1) is 33.7. The van der Waals surface area contributed by atoms with Gasteiger partial charge in [0.1, 0.15) is 29.9 Å². The topological polar surface area (TPSA) is 144 Å². The molecule has 5 aromatic carbocycles. The number of fused-ring (bicyclic) bond motifs is 4. The molecule has 0 saturated carbocycles. The number of hydrogen-bond acceptors (Lipinski definition) is 11. The van der Waals surface area contributed by atoms with E-state index in [-0.39, 0.29) is 37.7 Å². The molecule has 0 bridgehead atoms. The van der Waals surface area contributed by atoms with Crippen molar-refractivity contribution in [2.75, 3.05) is 46.0 Å². The van der Waals surface area contributed by atoms with Gasteiger partial charge < -0.3 is 33.7 Å². The van der Waals surface area contributed by atoms with Crippen LogP contribution in [0.15, 0.2) is 127 Å². The number of hydrogen-bond donors (Lipinski definition) is 1. The van der Waals surface area contributed by atoms with Gasteiger partial charge >= 0.3 is 12.1 Å². The highest BCUT2D eigenvalue weighted by atomic mass is 16.6. The second-order valence-electron chi connectivity index (χ2n) is 18.0. The van der Waals surface area contributed by atoms with Crippen LogP contribution < -0.4 is 14.4 Å². The first kappa shape index (κ1) is 45.4. The molecule has 6 unspecified atom stereocenters. The van der Waals surface area contributed by atoms with Crippen molar-refractivity contribution in [1.29, 1.82) is 0 Å². The Labute approximate surface area is 401 Å². The van der Waals surface area contributed by atoms with Crippen LogP contribution in [0.4, 0.5) is 10.5 Å². The Kier molecular flexibility index (Phi) is 12.5. The molecule has 5 aromatic rings. The van der Waals surface area contributed by atoms with Gasteiger partial charge in [0.2, 0.25) is 11.8 Å². The molecule has 4 heterocycles. The number of nitrogens with zero attached hydrogens (tertiary/aromatic N) is 3. The summed E-state index contributed by atoms with van der Waals surface area (Å²) in [7, 11) is 4.61. The number of aromatic hydroxyl groups is 1. The predicted molar refractivity (Wildman–Crippen MR) is 255 cm³/mol. The molecule has 3 amide bonds. The minimum absolute atomic E-state index is 0.0232. The second-order valence-corrected chi connectivity index (χ2v) is 18.0. The summed E-state index contributed by atoms with van der Waals surface area (Å²) < 4.78 is 29.0. The van der Waals surface area contributed by atoms with Gasteiger partial charge in [-0.25, -0.2) is 9.69 Å². The molecule has 1 aliphatic carbocycles. The highest BCUT2D eigenvalue weighted by Crippen LogP contribution is 2.66. The molecule has 13 heteroatoms.